The first kappa shape index (κ1) is 12.8. The molecule has 18 heavy (non-hydrogen) atoms. The second-order valence-corrected chi connectivity index (χ2v) is 5.75. The van der Waals surface area contributed by atoms with E-state index in [1.54, 1.807) is 6.07 Å². The van der Waals surface area contributed by atoms with Gasteiger partial charge in [-0.3, -0.25) is 9.59 Å². The fraction of sp³-hybridized carbons (Fsp3) is 0.467. The van der Waals surface area contributed by atoms with Crippen molar-refractivity contribution in [2.45, 2.75) is 39.2 Å². The molecule has 3 heteroatoms. The molecule has 1 aliphatic rings. The van der Waals surface area contributed by atoms with E-state index >= 15 is 0 Å². The van der Waals surface area contributed by atoms with Crippen molar-refractivity contribution in [1.29, 1.82) is 0 Å². The summed E-state index contributed by atoms with van der Waals surface area (Å²) in [5, 5.41) is 0. The van der Waals surface area contributed by atoms with Gasteiger partial charge in [-0.2, -0.15) is 0 Å². The van der Waals surface area contributed by atoms with Crippen LogP contribution in [0.25, 0.3) is 0 Å². The van der Waals surface area contributed by atoms with E-state index in [9.17, 15) is 9.59 Å². The van der Waals surface area contributed by atoms with Crippen molar-refractivity contribution in [1.82, 2.24) is 0 Å². The molecule has 0 bridgehead atoms. The van der Waals surface area contributed by atoms with Crippen molar-refractivity contribution in [3.8, 4) is 0 Å². The Bertz CT molecular complexity index is 497. The van der Waals surface area contributed by atoms with Crippen LogP contribution in [0.2, 0.25) is 0 Å². The monoisotopic (exact) mass is 246 g/mol. The van der Waals surface area contributed by atoms with Crippen molar-refractivity contribution in [2.75, 3.05) is 0 Å². The minimum absolute atomic E-state index is 0.108. The average molecular weight is 246 g/mol. The maximum atomic E-state index is 12.2. The van der Waals surface area contributed by atoms with Gasteiger partial charge in [0.1, 0.15) is 11.5 Å². The molecule has 0 saturated carbocycles. The molecule has 0 saturated heterocycles. The van der Waals surface area contributed by atoms with Crippen molar-refractivity contribution in [3.05, 3.63) is 35.4 Å². The van der Waals surface area contributed by atoms with Gasteiger partial charge in [-0.05, 0) is 26.3 Å². The van der Waals surface area contributed by atoms with Crippen LogP contribution in [0.3, 0.4) is 0 Å². The third kappa shape index (κ3) is 2.17. The lowest BCUT2D eigenvalue weighted by Gasteiger charge is -2.23. The Kier molecular flexibility index (Phi) is 3.01. The highest BCUT2D eigenvalue weighted by Crippen LogP contribution is 2.38. The Morgan fingerprint density at radius 1 is 1.22 bits per heavy atom. The molecule has 96 valence electrons. The number of ketones is 1. The Labute approximate surface area is 107 Å². The second kappa shape index (κ2) is 4.23. The topological polar surface area (TPSA) is 43.4 Å². The number of ether oxygens (including phenoxy) is 1. The van der Waals surface area contributed by atoms with E-state index in [4.69, 9.17) is 4.74 Å². The van der Waals surface area contributed by atoms with Gasteiger partial charge in [0.2, 0.25) is 0 Å². The lowest BCUT2D eigenvalue weighted by molar-refractivity contribution is -0.158. The Morgan fingerprint density at radius 2 is 1.83 bits per heavy atom. The summed E-state index contributed by atoms with van der Waals surface area (Å²) in [6.45, 7) is 7.32. The van der Waals surface area contributed by atoms with Crippen LogP contribution in [0.4, 0.5) is 0 Å². The number of fused-ring (bicyclic) bond motifs is 1. The number of rotatable bonds is 1. The fourth-order valence-corrected chi connectivity index (χ4v) is 2.37. The zero-order valence-electron chi connectivity index (χ0n) is 11.2. The summed E-state index contributed by atoms with van der Waals surface area (Å²) in [5.41, 5.74) is 1.03. The molecule has 0 unspecified atom stereocenters. The van der Waals surface area contributed by atoms with Crippen LogP contribution in [0.1, 0.15) is 49.5 Å². The van der Waals surface area contributed by atoms with Crippen molar-refractivity contribution < 1.29 is 14.3 Å². The predicted octanol–water partition coefficient (Wildman–Crippen LogP) is 2.94. The summed E-state index contributed by atoms with van der Waals surface area (Å²) in [6.07, 6.45) is 0. The molecule has 3 nitrogen and oxygen atoms in total. The van der Waals surface area contributed by atoms with E-state index in [1.807, 2.05) is 45.9 Å². The summed E-state index contributed by atoms with van der Waals surface area (Å²) < 4.78 is 5.33. The molecular formula is C15H18O3. The van der Waals surface area contributed by atoms with Crippen molar-refractivity contribution >= 4 is 11.8 Å². The number of esters is 1. The zero-order valence-corrected chi connectivity index (χ0v) is 11.2. The highest BCUT2D eigenvalue weighted by atomic mass is 16.6. The van der Waals surface area contributed by atoms with Gasteiger partial charge in [-0.15, -0.1) is 0 Å². The van der Waals surface area contributed by atoms with Crippen LogP contribution in [0.15, 0.2) is 24.3 Å². The highest BCUT2D eigenvalue weighted by Gasteiger charge is 2.43. The standard InChI is InChI=1S/C15H18O3/c1-9-10-7-5-6-8-11(10)13(16)12(9)14(17)18-15(2,3)4/h5-9,12H,1-4H3/t9-,12+/m1/s1. The van der Waals surface area contributed by atoms with Gasteiger partial charge in [-0.25, -0.2) is 0 Å². The van der Waals surface area contributed by atoms with E-state index in [2.05, 4.69) is 0 Å². The van der Waals surface area contributed by atoms with Crippen LogP contribution < -0.4 is 0 Å². The molecule has 1 aromatic rings. The molecule has 0 fully saturated rings. The first-order valence-electron chi connectivity index (χ1n) is 6.17. The predicted molar refractivity (Wildman–Crippen MR) is 68.5 cm³/mol. The maximum Gasteiger partial charge on any atom is 0.318 e. The minimum atomic E-state index is -0.693. The molecule has 0 radical (unpaired) electrons. The lowest BCUT2D eigenvalue weighted by Crippen LogP contribution is -2.32. The van der Waals surface area contributed by atoms with E-state index in [0.29, 0.717) is 5.56 Å². The summed E-state index contributed by atoms with van der Waals surface area (Å²) in [7, 11) is 0. The molecule has 1 aromatic carbocycles. The van der Waals surface area contributed by atoms with Crippen LogP contribution in [-0.2, 0) is 9.53 Å². The molecule has 0 aliphatic heterocycles. The third-order valence-corrected chi connectivity index (χ3v) is 3.16. The zero-order chi connectivity index (χ0) is 13.5. The third-order valence-electron chi connectivity index (χ3n) is 3.16. The molecule has 1 aliphatic carbocycles. The lowest BCUT2D eigenvalue weighted by atomic mass is 9.94. The largest absolute Gasteiger partial charge is 0.459 e. The number of Topliss-reactive ketones (excluding diaryl/α,β-unsaturated/α-hetero) is 1. The molecule has 0 spiro atoms. The van der Waals surface area contributed by atoms with E-state index in [0.717, 1.165) is 5.56 Å². The van der Waals surface area contributed by atoms with E-state index in [1.165, 1.54) is 0 Å². The van der Waals surface area contributed by atoms with Gasteiger partial charge in [0.05, 0.1) is 0 Å². The molecule has 0 N–H and O–H groups in total. The van der Waals surface area contributed by atoms with Crippen LogP contribution in [-0.4, -0.2) is 17.4 Å². The van der Waals surface area contributed by atoms with Crippen LogP contribution in [0, 0.1) is 5.92 Å². The Hall–Kier alpha value is -1.64. The first-order valence-corrected chi connectivity index (χ1v) is 6.17. The average Bonchev–Trinajstić information content (AvgIpc) is 2.50. The number of benzene rings is 1. The maximum absolute atomic E-state index is 12.2. The van der Waals surface area contributed by atoms with Gasteiger partial charge >= 0.3 is 5.97 Å². The number of carbonyl (C=O) groups excluding carboxylic acids is 2. The summed E-state index contributed by atoms with van der Waals surface area (Å²) >= 11 is 0. The molecule has 0 amide bonds. The van der Waals surface area contributed by atoms with Gasteiger partial charge < -0.3 is 4.74 Å². The normalized spacial score (nSPS) is 22.8. The Morgan fingerprint density at radius 3 is 2.39 bits per heavy atom. The van der Waals surface area contributed by atoms with E-state index in [-0.39, 0.29) is 11.7 Å². The molecular weight excluding hydrogens is 228 g/mol. The van der Waals surface area contributed by atoms with Gasteiger partial charge in [0.15, 0.2) is 5.78 Å². The molecule has 0 heterocycles. The highest BCUT2D eigenvalue weighted by molar-refractivity contribution is 6.13. The second-order valence-electron chi connectivity index (χ2n) is 5.75. The summed E-state index contributed by atoms with van der Waals surface area (Å²) in [6, 6.07) is 7.39. The smallest absolute Gasteiger partial charge is 0.318 e. The number of hydrogen-bond acceptors (Lipinski definition) is 3. The summed E-state index contributed by atoms with van der Waals surface area (Å²) in [5.74, 6) is -1.34. The minimum Gasteiger partial charge on any atom is -0.459 e. The molecule has 2 atom stereocenters. The van der Waals surface area contributed by atoms with E-state index < -0.39 is 17.5 Å². The molecule has 0 aromatic heterocycles. The summed E-state index contributed by atoms with van der Waals surface area (Å²) in [4.78, 5) is 24.3. The number of hydrogen-bond donors (Lipinski definition) is 0. The molecule has 2 rings (SSSR count). The number of carbonyl (C=O) groups is 2. The SMILES string of the molecule is C[C@@H]1c2ccccc2C(=O)[C@H]1C(=O)OC(C)(C)C. The van der Waals surface area contributed by atoms with Crippen molar-refractivity contribution in [2.24, 2.45) is 5.92 Å². The van der Waals surface area contributed by atoms with Crippen LogP contribution >= 0.6 is 0 Å². The van der Waals surface area contributed by atoms with Gasteiger partial charge in [0.25, 0.3) is 0 Å². The quantitative estimate of drug-likeness (QED) is 0.565. The van der Waals surface area contributed by atoms with Gasteiger partial charge in [-0.1, -0.05) is 31.2 Å². The fourth-order valence-electron chi connectivity index (χ4n) is 2.37. The van der Waals surface area contributed by atoms with Crippen molar-refractivity contribution in [3.63, 3.8) is 0 Å². The first-order chi connectivity index (χ1) is 8.31. The van der Waals surface area contributed by atoms with Crippen LogP contribution in [0.5, 0.6) is 0 Å². The Balaban J connectivity index is 2.29. The van der Waals surface area contributed by atoms with Gasteiger partial charge in [0, 0.05) is 11.5 Å².